The monoisotopic (exact) mass is 421 g/mol. The van der Waals surface area contributed by atoms with Gasteiger partial charge in [0.05, 0.1) is 5.52 Å². The molecule has 1 aliphatic rings. The molecule has 2 heterocycles. The zero-order valence-corrected chi connectivity index (χ0v) is 17.4. The Hall–Kier alpha value is -3.48. The van der Waals surface area contributed by atoms with E-state index in [1.807, 2.05) is 24.3 Å². The minimum atomic E-state index is -0.576. The fourth-order valence-corrected chi connectivity index (χ4v) is 3.74. The van der Waals surface area contributed by atoms with Crippen molar-refractivity contribution in [3.05, 3.63) is 71.5 Å². The SMILES string of the molecule is CN(Cc1cccc(F)c1)C(=O)COC(=O)c1cc2ccccc2nc1N1CCCC1. The molecule has 160 valence electrons. The highest BCUT2D eigenvalue weighted by Gasteiger charge is 2.24. The first kappa shape index (κ1) is 20.8. The van der Waals surface area contributed by atoms with E-state index in [0.717, 1.165) is 36.8 Å². The van der Waals surface area contributed by atoms with Crippen molar-refractivity contribution < 1.29 is 18.7 Å². The lowest BCUT2D eigenvalue weighted by Crippen LogP contribution is -2.31. The number of halogens is 1. The van der Waals surface area contributed by atoms with Crippen LogP contribution in [-0.2, 0) is 16.1 Å². The van der Waals surface area contributed by atoms with Gasteiger partial charge < -0.3 is 14.5 Å². The number of pyridine rings is 1. The fraction of sp³-hybridized carbons (Fsp3) is 0.292. The molecular formula is C24H24FN3O3. The number of carbonyl (C=O) groups excluding carboxylic acids is 2. The van der Waals surface area contributed by atoms with E-state index < -0.39 is 12.6 Å². The van der Waals surface area contributed by atoms with Crippen molar-refractivity contribution in [3.8, 4) is 0 Å². The molecule has 0 spiro atoms. The number of anilines is 1. The summed E-state index contributed by atoms with van der Waals surface area (Å²) in [7, 11) is 1.59. The molecule has 1 saturated heterocycles. The average Bonchev–Trinajstić information content (AvgIpc) is 3.31. The lowest BCUT2D eigenvalue weighted by atomic mass is 10.1. The van der Waals surface area contributed by atoms with E-state index in [-0.39, 0.29) is 18.3 Å². The Kier molecular flexibility index (Phi) is 6.11. The first-order chi connectivity index (χ1) is 15.0. The van der Waals surface area contributed by atoms with Crippen LogP contribution in [0, 0.1) is 5.82 Å². The second-order valence-electron chi connectivity index (χ2n) is 7.70. The number of benzene rings is 2. The molecule has 7 heteroatoms. The molecule has 0 saturated carbocycles. The zero-order valence-electron chi connectivity index (χ0n) is 17.4. The van der Waals surface area contributed by atoms with Gasteiger partial charge in [-0.05, 0) is 42.7 Å². The quantitative estimate of drug-likeness (QED) is 0.567. The lowest BCUT2D eigenvalue weighted by molar-refractivity contribution is -0.133. The summed E-state index contributed by atoms with van der Waals surface area (Å²) in [5.41, 5.74) is 1.84. The summed E-state index contributed by atoms with van der Waals surface area (Å²) in [5, 5.41) is 0.840. The van der Waals surface area contributed by atoms with Crippen LogP contribution in [0.1, 0.15) is 28.8 Å². The second kappa shape index (κ2) is 9.12. The Bertz CT molecular complexity index is 1110. The van der Waals surface area contributed by atoms with Crippen molar-refractivity contribution in [1.82, 2.24) is 9.88 Å². The predicted molar refractivity (Wildman–Crippen MR) is 116 cm³/mol. The lowest BCUT2D eigenvalue weighted by Gasteiger charge is -2.21. The molecule has 1 aliphatic heterocycles. The third-order valence-electron chi connectivity index (χ3n) is 5.39. The summed E-state index contributed by atoms with van der Waals surface area (Å²) in [6, 6.07) is 15.4. The molecular weight excluding hydrogens is 397 g/mol. The van der Waals surface area contributed by atoms with Crippen LogP contribution in [0.5, 0.6) is 0 Å². The van der Waals surface area contributed by atoms with Gasteiger partial charge in [-0.2, -0.15) is 0 Å². The van der Waals surface area contributed by atoms with Gasteiger partial charge in [0.25, 0.3) is 5.91 Å². The molecule has 6 nitrogen and oxygen atoms in total. The minimum Gasteiger partial charge on any atom is -0.452 e. The molecule has 0 N–H and O–H groups in total. The molecule has 0 aliphatic carbocycles. The van der Waals surface area contributed by atoms with Crippen LogP contribution in [0.25, 0.3) is 10.9 Å². The van der Waals surface area contributed by atoms with E-state index in [9.17, 15) is 14.0 Å². The number of para-hydroxylation sites is 1. The van der Waals surface area contributed by atoms with Crippen molar-refractivity contribution in [2.75, 3.05) is 31.6 Å². The Morgan fingerprint density at radius 3 is 2.65 bits per heavy atom. The first-order valence-electron chi connectivity index (χ1n) is 10.3. The number of ether oxygens (including phenoxy) is 1. The largest absolute Gasteiger partial charge is 0.452 e. The minimum absolute atomic E-state index is 0.227. The van der Waals surface area contributed by atoms with E-state index in [4.69, 9.17) is 9.72 Å². The van der Waals surface area contributed by atoms with Crippen molar-refractivity contribution in [3.63, 3.8) is 0 Å². The van der Waals surface area contributed by atoms with E-state index in [1.54, 1.807) is 25.2 Å². The molecule has 1 amide bonds. The number of fused-ring (bicyclic) bond motifs is 1. The summed E-state index contributed by atoms with van der Waals surface area (Å²) in [6.45, 7) is 1.50. The summed E-state index contributed by atoms with van der Waals surface area (Å²) in [6.07, 6.45) is 2.10. The number of likely N-dealkylation sites (N-methyl/N-ethyl adjacent to an activating group) is 1. The molecule has 1 aromatic heterocycles. The highest BCUT2D eigenvalue weighted by molar-refractivity contribution is 6.00. The maximum atomic E-state index is 13.4. The van der Waals surface area contributed by atoms with Gasteiger partial charge in [-0.3, -0.25) is 4.79 Å². The van der Waals surface area contributed by atoms with E-state index in [1.165, 1.54) is 17.0 Å². The number of nitrogens with zero attached hydrogens (tertiary/aromatic N) is 3. The third kappa shape index (κ3) is 4.82. The van der Waals surface area contributed by atoms with Gasteiger partial charge in [-0.1, -0.05) is 30.3 Å². The summed E-state index contributed by atoms with van der Waals surface area (Å²) in [5.74, 6) is -0.702. The topological polar surface area (TPSA) is 62.7 Å². The molecule has 31 heavy (non-hydrogen) atoms. The van der Waals surface area contributed by atoms with Crippen molar-refractivity contribution in [1.29, 1.82) is 0 Å². The third-order valence-corrected chi connectivity index (χ3v) is 5.39. The second-order valence-corrected chi connectivity index (χ2v) is 7.70. The number of rotatable bonds is 6. The molecule has 3 aromatic rings. The Morgan fingerprint density at radius 1 is 1.10 bits per heavy atom. The average molecular weight is 421 g/mol. The Morgan fingerprint density at radius 2 is 1.87 bits per heavy atom. The molecule has 0 bridgehead atoms. The van der Waals surface area contributed by atoms with Crippen LogP contribution < -0.4 is 4.90 Å². The number of hydrogen-bond acceptors (Lipinski definition) is 5. The van der Waals surface area contributed by atoms with Crippen LogP contribution in [0.15, 0.2) is 54.6 Å². The molecule has 2 aromatic carbocycles. The molecule has 0 radical (unpaired) electrons. The van der Waals surface area contributed by atoms with Crippen LogP contribution >= 0.6 is 0 Å². The van der Waals surface area contributed by atoms with Gasteiger partial charge in [0.2, 0.25) is 0 Å². The number of esters is 1. The van der Waals surface area contributed by atoms with Crippen LogP contribution in [-0.4, -0.2) is 48.5 Å². The number of hydrogen-bond donors (Lipinski definition) is 0. The van der Waals surface area contributed by atoms with Crippen LogP contribution in [0.3, 0.4) is 0 Å². The van der Waals surface area contributed by atoms with Crippen LogP contribution in [0.4, 0.5) is 10.2 Å². The highest BCUT2D eigenvalue weighted by Crippen LogP contribution is 2.27. The van der Waals surface area contributed by atoms with Gasteiger partial charge in [0.1, 0.15) is 17.2 Å². The standard InChI is InChI=1S/C24H24FN3O3/c1-27(15-17-7-6-9-19(25)13-17)22(29)16-31-24(30)20-14-18-8-2-3-10-21(18)26-23(20)28-11-4-5-12-28/h2-3,6-10,13-14H,4-5,11-12,15-16H2,1H3. The normalized spacial score (nSPS) is 13.4. The molecule has 4 rings (SSSR count). The summed E-state index contributed by atoms with van der Waals surface area (Å²) < 4.78 is 18.7. The van der Waals surface area contributed by atoms with E-state index in [0.29, 0.717) is 16.9 Å². The smallest absolute Gasteiger partial charge is 0.342 e. The zero-order chi connectivity index (χ0) is 21.8. The van der Waals surface area contributed by atoms with E-state index >= 15 is 0 Å². The Labute approximate surface area is 180 Å². The predicted octanol–water partition coefficient (Wildman–Crippen LogP) is 3.79. The number of aromatic nitrogens is 1. The van der Waals surface area contributed by atoms with Gasteiger partial charge in [-0.25, -0.2) is 14.2 Å². The number of amides is 1. The number of carbonyl (C=O) groups is 2. The maximum absolute atomic E-state index is 13.4. The summed E-state index contributed by atoms with van der Waals surface area (Å²) >= 11 is 0. The first-order valence-corrected chi connectivity index (χ1v) is 10.3. The van der Waals surface area contributed by atoms with Gasteiger partial charge in [0.15, 0.2) is 6.61 Å². The Balaban J connectivity index is 1.47. The van der Waals surface area contributed by atoms with Crippen molar-refractivity contribution in [2.24, 2.45) is 0 Å². The van der Waals surface area contributed by atoms with Crippen LogP contribution in [0.2, 0.25) is 0 Å². The van der Waals surface area contributed by atoms with Gasteiger partial charge >= 0.3 is 5.97 Å². The van der Waals surface area contributed by atoms with Gasteiger partial charge in [-0.15, -0.1) is 0 Å². The fourth-order valence-electron chi connectivity index (χ4n) is 3.74. The molecule has 1 fully saturated rings. The van der Waals surface area contributed by atoms with Gasteiger partial charge in [0, 0.05) is 32.1 Å². The van der Waals surface area contributed by atoms with Crippen molar-refractivity contribution >= 4 is 28.6 Å². The van der Waals surface area contributed by atoms with E-state index in [2.05, 4.69) is 4.90 Å². The maximum Gasteiger partial charge on any atom is 0.342 e. The highest BCUT2D eigenvalue weighted by atomic mass is 19.1. The molecule has 0 unspecified atom stereocenters. The summed E-state index contributed by atoms with van der Waals surface area (Å²) in [4.78, 5) is 33.5. The van der Waals surface area contributed by atoms with Crippen molar-refractivity contribution in [2.45, 2.75) is 19.4 Å². The molecule has 0 atom stereocenters.